The molecular weight excluding hydrogens is 291 g/mol. The molecule has 20 heavy (non-hydrogen) atoms. The molecule has 0 bridgehead atoms. The average Bonchev–Trinajstić information content (AvgIpc) is 2.37. The van der Waals surface area contributed by atoms with Crippen LogP contribution in [-0.4, -0.2) is 19.7 Å². The zero-order chi connectivity index (χ0) is 15.2. The quantitative estimate of drug-likeness (QED) is 0.800. The van der Waals surface area contributed by atoms with E-state index in [-0.39, 0.29) is 16.9 Å². The average molecular weight is 310 g/mol. The second kappa shape index (κ2) is 7.74. The van der Waals surface area contributed by atoms with Gasteiger partial charge in [0.15, 0.2) is 0 Å². The monoisotopic (exact) mass is 309 g/mol. The summed E-state index contributed by atoms with van der Waals surface area (Å²) >= 11 is 5.58. The van der Waals surface area contributed by atoms with E-state index < -0.39 is 11.7 Å². The minimum Gasteiger partial charge on any atom is -0.490 e. The van der Waals surface area contributed by atoms with E-state index in [4.69, 9.17) is 16.3 Å². The van der Waals surface area contributed by atoms with Crippen LogP contribution in [0, 0.1) is 0 Å². The topological polar surface area (TPSA) is 21.3 Å². The Hall–Kier alpha value is -0.940. The van der Waals surface area contributed by atoms with Crippen molar-refractivity contribution >= 4 is 11.6 Å². The third-order valence-corrected chi connectivity index (χ3v) is 3.20. The number of alkyl halides is 3. The van der Waals surface area contributed by atoms with Gasteiger partial charge in [-0.05, 0) is 44.6 Å². The molecule has 0 fully saturated rings. The highest BCUT2D eigenvalue weighted by atomic mass is 35.5. The highest BCUT2D eigenvalue weighted by molar-refractivity contribution is 6.31. The fourth-order valence-electron chi connectivity index (χ4n) is 1.88. The Kier molecular flexibility index (Phi) is 6.62. The SMILES string of the molecule is CCC[C@H](CCNC)Oc1ccc(Cl)c(C(F)(F)F)c1. The van der Waals surface area contributed by atoms with E-state index in [0.29, 0.717) is 0 Å². The molecule has 1 aromatic carbocycles. The van der Waals surface area contributed by atoms with Crippen LogP contribution < -0.4 is 10.1 Å². The fourth-order valence-corrected chi connectivity index (χ4v) is 2.10. The highest BCUT2D eigenvalue weighted by Crippen LogP contribution is 2.37. The van der Waals surface area contributed by atoms with Gasteiger partial charge in [-0.3, -0.25) is 0 Å². The molecule has 1 N–H and O–H groups in total. The lowest BCUT2D eigenvalue weighted by molar-refractivity contribution is -0.137. The summed E-state index contributed by atoms with van der Waals surface area (Å²) < 4.78 is 43.9. The van der Waals surface area contributed by atoms with Crippen molar-refractivity contribution in [1.82, 2.24) is 5.32 Å². The fraction of sp³-hybridized carbons (Fsp3) is 0.571. The van der Waals surface area contributed by atoms with Crippen molar-refractivity contribution in [1.29, 1.82) is 0 Å². The molecule has 0 saturated carbocycles. The molecule has 0 amide bonds. The second-order valence-electron chi connectivity index (χ2n) is 4.56. The number of benzene rings is 1. The van der Waals surface area contributed by atoms with Crippen molar-refractivity contribution in [3.05, 3.63) is 28.8 Å². The zero-order valence-corrected chi connectivity index (χ0v) is 12.3. The molecule has 0 radical (unpaired) electrons. The van der Waals surface area contributed by atoms with Crippen LogP contribution in [0.15, 0.2) is 18.2 Å². The van der Waals surface area contributed by atoms with Gasteiger partial charge < -0.3 is 10.1 Å². The van der Waals surface area contributed by atoms with E-state index in [1.165, 1.54) is 12.1 Å². The molecular formula is C14H19ClF3NO. The van der Waals surface area contributed by atoms with E-state index in [1.54, 1.807) is 0 Å². The smallest absolute Gasteiger partial charge is 0.417 e. The van der Waals surface area contributed by atoms with E-state index in [1.807, 2.05) is 14.0 Å². The third-order valence-electron chi connectivity index (χ3n) is 2.87. The van der Waals surface area contributed by atoms with Gasteiger partial charge in [-0.1, -0.05) is 24.9 Å². The standard InChI is InChI=1S/C14H19ClF3NO/c1-3-4-10(7-8-19-2)20-11-5-6-13(15)12(9-11)14(16,17)18/h5-6,9-10,19H,3-4,7-8H2,1-2H3/t10-/m1/s1. The summed E-state index contributed by atoms with van der Waals surface area (Å²) in [6, 6.07) is 3.66. The Morgan fingerprint density at radius 1 is 1.30 bits per heavy atom. The van der Waals surface area contributed by atoms with Gasteiger partial charge in [-0.2, -0.15) is 13.2 Å². The molecule has 0 heterocycles. The lowest BCUT2D eigenvalue weighted by Crippen LogP contribution is -2.22. The molecule has 0 unspecified atom stereocenters. The molecule has 1 aromatic rings. The van der Waals surface area contributed by atoms with Gasteiger partial charge >= 0.3 is 6.18 Å². The van der Waals surface area contributed by atoms with E-state index in [9.17, 15) is 13.2 Å². The predicted molar refractivity (Wildman–Crippen MR) is 74.3 cm³/mol. The summed E-state index contributed by atoms with van der Waals surface area (Å²) in [5, 5.41) is 2.69. The molecule has 0 aliphatic heterocycles. The minimum atomic E-state index is -4.47. The van der Waals surface area contributed by atoms with Crippen LogP contribution in [0.5, 0.6) is 5.75 Å². The molecule has 0 spiro atoms. The van der Waals surface area contributed by atoms with Crippen molar-refractivity contribution < 1.29 is 17.9 Å². The Bertz CT molecular complexity index is 423. The van der Waals surface area contributed by atoms with Crippen molar-refractivity contribution in [3.63, 3.8) is 0 Å². The summed E-state index contributed by atoms with van der Waals surface area (Å²) in [6.45, 7) is 2.77. The Labute approximate surface area is 122 Å². The largest absolute Gasteiger partial charge is 0.490 e. The van der Waals surface area contributed by atoms with Gasteiger partial charge in [0.25, 0.3) is 0 Å². The van der Waals surface area contributed by atoms with Crippen LogP contribution in [0.1, 0.15) is 31.7 Å². The van der Waals surface area contributed by atoms with E-state index in [0.717, 1.165) is 31.9 Å². The molecule has 0 aromatic heterocycles. The van der Waals surface area contributed by atoms with E-state index in [2.05, 4.69) is 5.32 Å². The molecule has 6 heteroatoms. The zero-order valence-electron chi connectivity index (χ0n) is 11.6. The molecule has 2 nitrogen and oxygen atoms in total. The number of ether oxygens (including phenoxy) is 1. The number of hydrogen-bond acceptors (Lipinski definition) is 2. The number of rotatable bonds is 7. The third kappa shape index (κ3) is 5.21. The molecule has 0 aliphatic carbocycles. The van der Waals surface area contributed by atoms with E-state index >= 15 is 0 Å². The number of hydrogen-bond donors (Lipinski definition) is 1. The number of halogens is 4. The maximum Gasteiger partial charge on any atom is 0.417 e. The van der Waals surface area contributed by atoms with Gasteiger partial charge in [-0.15, -0.1) is 0 Å². The Balaban J connectivity index is 2.85. The predicted octanol–water partition coefficient (Wildman–Crippen LogP) is 4.52. The first kappa shape index (κ1) is 17.1. The van der Waals surface area contributed by atoms with Crippen LogP contribution in [0.3, 0.4) is 0 Å². The maximum atomic E-state index is 12.8. The molecule has 1 atom stereocenters. The van der Waals surface area contributed by atoms with Crippen molar-refractivity contribution in [2.45, 2.75) is 38.5 Å². The minimum absolute atomic E-state index is 0.102. The van der Waals surface area contributed by atoms with Crippen LogP contribution >= 0.6 is 11.6 Å². The van der Waals surface area contributed by atoms with Crippen molar-refractivity contribution in [3.8, 4) is 5.75 Å². The highest BCUT2D eigenvalue weighted by Gasteiger charge is 2.33. The van der Waals surface area contributed by atoms with Crippen LogP contribution in [0.2, 0.25) is 5.02 Å². The maximum absolute atomic E-state index is 12.8. The Morgan fingerprint density at radius 2 is 2.00 bits per heavy atom. The lowest BCUT2D eigenvalue weighted by atomic mass is 10.1. The van der Waals surface area contributed by atoms with Crippen LogP contribution in [-0.2, 0) is 6.18 Å². The number of nitrogens with one attached hydrogen (secondary N) is 1. The first-order chi connectivity index (χ1) is 9.38. The van der Waals surface area contributed by atoms with Crippen LogP contribution in [0.25, 0.3) is 0 Å². The van der Waals surface area contributed by atoms with Crippen molar-refractivity contribution in [2.24, 2.45) is 0 Å². The molecule has 114 valence electrons. The second-order valence-corrected chi connectivity index (χ2v) is 4.97. The summed E-state index contributed by atoms with van der Waals surface area (Å²) in [6.07, 6.45) is -2.12. The first-order valence-corrected chi connectivity index (χ1v) is 6.94. The molecule has 0 saturated heterocycles. The van der Waals surface area contributed by atoms with Gasteiger partial charge in [0.05, 0.1) is 16.7 Å². The molecule has 0 aliphatic rings. The van der Waals surface area contributed by atoms with Gasteiger partial charge in [0, 0.05) is 0 Å². The summed E-state index contributed by atoms with van der Waals surface area (Å²) in [5.41, 5.74) is -0.861. The van der Waals surface area contributed by atoms with Crippen molar-refractivity contribution in [2.75, 3.05) is 13.6 Å². The lowest BCUT2D eigenvalue weighted by Gasteiger charge is -2.19. The van der Waals surface area contributed by atoms with Crippen LogP contribution in [0.4, 0.5) is 13.2 Å². The van der Waals surface area contributed by atoms with Gasteiger partial charge in [0.1, 0.15) is 5.75 Å². The van der Waals surface area contributed by atoms with Gasteiger partial charge in [0.2, 0.25) is 0 Å². The molecule has 1 rings (SSSR count). The Morgan fingerprint density at radius 3 is 2.55 bits per heavy atom. The summed E-state index contributed by atoms with van der Waals surface area (Å²) in [7, 11) is 1.83. The summed E-state index contributed by atoms with van der Waals surface area (Å²) in [5.74, 6) is 0.205. The van der Waals surface area contributed by atoms with Gasteiger partial charge in [-0.25, -0.2) is 0 Å². The first-order valence-electron chi connectivity index (χ1n) is 6.56. The normalized spacial score (nSPS) is 13.3. The summed E-state index contributed by atoms with van der Waals surface area (Å²) in [4.78, 5) is 0.